The number of benzene rings is 1. The first kappa shape index (κ1) is 21.1. The van der Waals surface area contributed by atoms with Gasteiger partial charge in [0.15, 0.2) is 5.13 Å². The van der Waals surface area contributed by atoms with Crippen molar-refractivity contribution in [3.63, 3.8) is 0 Å². The zero-order valence-electron chi connectivity index (χ0n) is 16.7. The van der Waals surface area contributed by atoms with E-state index in [1.54, 1.807) is 4.90 Å². The maximum atomic E-state index is 13.6. The van der Waals surface area contributed by atoms with Crippen molar-refractivity contribution in [3.05, 3.63) is 46.8 Å². The predicted octanol–water partition coefficient (Wildman–Crippen LogP) is 5.65. The van der Waals surface area contributed by atoms with E-state index in [1.165, 1.54) is 11.3 Å². The number of allylic oxidation sites excluding steroid dienone is 1. The Hall–Kier alpha value is -2.18. The first-order chi connectivity index (χ1) is 14.5. The van der Waals surface area contributed by atoms with E-state index in [0.29, 0.717) is 22.6 Å². The van der Waals surface area contributed by atoms with E-state index in [2.05, 4.69) is 11.1 Å². The van der Waals surface area contributed by atoms with Gasteiger partial charge in [-0.05, 0) is 24.3 Å². The lowest BCUT2D eigenvalue weighted by atomic mass is 9.75. The molecule has 1 saturated carbocycles. The molecule has 0 saturated heterocycles. The third-order valence-electron chi connectivity index (χ3n) is 6.24. The van der Waals surface area contributed by atoms with E-state index in [0.717, 1.165) is 43.4 Å². The van der Waals surface area contributed by atoms with Gasteiger partial charge in [0.25, 0.3) is 0 Å². The average Bonchev–Trinajstić information content (AvgIpc) is 3.40. The Morgan fingerprint density at radius 2 is 2.00 bits per heavy atom. The number of carbonyl (C=O) groups excluding carboxylic acids is 1. The maximum absolute atomic E-state index is 13.6. The van der Waals surface area contributed by atoms with Crippen molar-refractivity contribution in [2.45, 2.75) is 38.5 Å². The second-order valence-electron chi connectivity index (χ2n) is 8.06. The van der Waals surface area contributed by atoms with Crippen LogP contribution >= 0.6 is 22.9 Å². The van der Waals surface area contributed by atoms with Crippen molar-refractivity contribution in [1.29, 1.82) is 0 Å². The zero-order valence-corrected chi connectivity index (χ0v) is 18.2. The number of hydrogen-bond acceptors (Lipinski definition) is 4. The monoisotopic (exact) mass is 444 g/mol. The van der Waals surface area contributed by atoms with Crippen LogP contribution in [0.2, 0.25) is 5.02 Å². The first-order valence-corrected chi connectivity index (χ1v) is 11.7. The molecule has 1 amide bonds. The number of carboxylic acids is 1. The number of anilines is 1. The third kappa shape index (κ3) is 4.44. The third-order valence-corrected chi connectivity index (χ3v) is 7.43. The van der Waals surface area contributed by atoms with Gasteiger partial charge >= 0.3 is 5.97 Å². The quantitative estimate of drug-likeness (QED) is 0.604. The molecule has 30 heavy (non-hydrogen) atoms. The van der Waals surface area contributed by atoms with E-state index >= 15 is 0 Å². The maximum Gasteiger partial charge on any atom is 0.304 e. The number of amides is 1. The molecule has 7 heteroatoms. The lowest BCUT2D eigenvalue weighted by Gasteiger charge is -2.34. The summed E-state index contributed by atoms with van der Waals surface area (Å²) in [6.45, 7) is 0.405. The average molecular weight is 445 g/mol. The number of hydrogen-bond donors (Lipinski definition) is 1. The molecule has 1 fully saturated rings. The lowest BCUT2D eigenvalue weighted by molar-refractivity contribution is -0.142. The molecule has 1 N–H and O–H groups in total. The van der Waals surface area contributed by atoms with Crippen molar-refractivity contribution in [3.8, 4) is 11.3 Å². The van der Waals surface area contributed by atoms with Crippen molar-refractivity contribution in [2.75, 3.05) is 11.4 Å². The summed E-state index contributed by atoms with van der Waals surface area (Å²) in [7, 11) is 0. The highest BCUT2D eigenvalue weighted by Gasteiger charge is 2.39. The number of rotatable bonds is 5. The number of halogens is 1. The SMILES string of the molecule is O=C(O)CC1C(=O)N(c2nc(-c3ccccc3Cl)cs2)CC=CCC1C1CCCC1. The highest BCUT2D eigenvalue weighted by atomic mass is 35.5. The van der Waals surface area contributed by atoms with Crippen LogP contribution < -0.4 is 4.90 Å². The highest BCUT2D eigenvalue weighted by molar-refractivity contribution is 7.14. The van der Waals surface area contributed by atoms with Crippen LogP contribution in [0.3, 0.4) is 0 Å². The minimum atomic E-state index is -0.920. The molecule has 2 unspecified atom stereocenters. The Morgan fingerprint density at radius 1 is 1.23 bits per heavy atom. The number of aliphatic carboxylic acids is 1. The molecule has 158 valence electrons. The van der Waals surface area contributed by atoms with Gasteiger partial charge in [0.05, 0.1) is 18.0 Å². The molecule has 2 heterocycles. The van der Waals surface area contributed by atoms with Crippen LogP contribution in [0.15, 0.2) is 41.8 Å². The molecule has 1 aliphatic heterocycles. The van der Waals surface area contributed by atoms with Crippen LogP contribution in [0.1, 0.15) is 38.5 Å². The van der Waals surface area contributed by atoms with E-state index in [4.69, 9.17) is 11.6 Å². The minimum Gasteiger partial charge on any atom is -0.481 e. The van der Waals surface area contributed by atoms with Gasteiger partial charge in [0.1, 0.15) is 0 Å². The number of thiazole rings is 1. The van der Waals surface area contributed by atoms with Gasteiger partial charge in [-0.25, -0.2) is 4.98 Å². The zero-order chi connectivity index (χ0) is 21.1. The molecule has 2 atom stereocenters. The van der Waals surface area contributed by atoms with Crippen LogP contribution in [-0.4, -0.2) is 28.5 Å². The fraction of sp³-hybridized carbons (Fsp3) is 0.435. The van der Waals surface area contributed by atoms with Crippen molar-refractivity contribution >= 4 is 39.9 Å². The fourth-order valence-corrected chi connectivity index (χ4v) is 5.83. The van der Waals surface area contributed by atoms with Gasteiger partial charge in [-0.1, -0.05) is 67.6 Å². The van der Waals surface area contributed by atoms with Gasteiger partial charge in [-0.2, -0.15) is 0 Å². The molecular formula is C23H25ClN2O3S. The fourth-order valence-electron chi connectivity index (χ4n) is 4.76. The Bertz CT molecular complexity index is 951. The Labute approximate surface area is 185 Å². The summed E-state index contributed by atoms with van der Waals surface area (Å²) in [5.41, 5.74) is 1.55. The minimum absolute atomic E-state index is 0.0677. The van der Waals surface area contributed by atoms with Crippen LogP contribution in [0.4, 0.5) is 5.13 Å². The topological polar surface area (TPSA) is 70.5 Å². The van der Waals surface area contributed by atoms with Crippen LogP contribution in [0, 0.1) is 17.8 Å². The van der Waals surface area contributed by atoms with Gasteiger partial charge in [0.2, 0.25) is 5.91 Å². The first-order valence-electron chi connectivity index (χ1n) is 10.4. The van der Waals surface area contributed by atoms with Crippen LogP contribution in [-0.2, 0) is 9.59 Å². The Kier molecular flexibility index (Phi) is 6.54. The summed E-state index contributed by atoms with van der Waals surface area (Å²) in [5.74, 6) is -1.09. The smallest absolute Gasteiger partial charge is 0.304 e. The summed E-state index contributed by atoms with van der Waals surface area (Å²) in [6, 6.07) is 7.49. The summed E-state index contributed by atoms with van der Waals surface area (Å²) >= 11 is 7.70. The molecule has 0 bridgehead atoms. The van der Waals surface area contributed by atoms with Crippen molar-refractivity contribution in [1.82, 2.24) is 4.98 Å². The molecule has 2 aromatic rings. The standard InChI is InChI=1S/C23H25ClN2O3S/c24-19-11-4-3-10-17(19)20-14-30-23(25-20)26-12-6-5-9-16(15-7-1-2-8-15)18(22(26)29)13-21(27)28/h3-6,10-11,14-16,18H,1-2,7-9,12-13H2,(H,27,28). The normalized spacial score (nSPS) is 22.8. The molecule has 5 nitrogen and oxygen atoms in total. The number of nitrogens with zero attached hydrogens (tertiary/aromatic N) is 2. The summed E-state index contributed by atoms with van der Waals surface area (Å²) in [4.78, 5) is 31.5. The summed E-state index contributed by atoms with van der Waals surface area (Å²) in [6.07, 6.45) is 9.24. The van der Waals surface area contributed by atoms with Crippen LogP contribution in [0.5, 0.6) is 0 Å². The molecule has 4 rings (SSSR count). The van der Waals surface area contributed by atoms with E-state index in [-0.39, 0.29) is 18.2 Å². The second kappa shape index (κ2) is 9.31. The molecular weight excluding hydrogens is 420 g/mol. The molecule has 0 spiro atoms. The van der Waals surface area contributed by atoms with Gasteiger partial charge in [0, 0.05) is 22.5 Å². The number of carbonyl (C=O) groups is 2. The Balaban J connectivity index is 1.65. The number of carboxylic acid groups (broad SMARTS) is 1. The van der Waals surface area contributed by atoms with Crippen LogP contribution in [0.25, 0.3) is 11.3 Å². The number of aromatic nitrogens is 1. The van der Waals surface area contributed by atoms with E-state index in [9.17, 15) is 14.7 Å². The van der Waals surface area contributed by atoms with Crippen molar-refractivity contribution in [2.24, 2.45) is 17.8 Å². The summed E-state index contributed by atoms with van der Waals surface area (Å²) in [5, 5.41) is 12.6. The molecule has 1 aliphatic carbocycles. The highest BCUT2D eigenvalue weighted by Crippen LogP contribution is 2.41. The molecule has 0 radical (unpaired) electrons. The van der Waals surface area contributed by atoms with E-state index in [1.807, 2.05) is 35.7 Å². The molecule has 2 aliphatic rings. The molecule has 1 aromatic heterocycles. The second-order valence-corrected chi connectivity index (χ2v) is 9.31. The summed E-state index contributed by atoms with van der Waals surface area (Å²) < 4.78 is 0. The van der Waals surface area contributed by atoms with Gasteiger partial charge < -0.3 is 5.11 Å². The van der Waals surface area contributed by atoms with E-state index < -0.39 is 11.9 Å². The largest absolute Gasteiger partial charge is 0.481 e. The van der Waals surface area contributed by atoms with Gasteiger partial charge in [-0.3, -0.25) is 14.5 Å². The Morgan fingerprint density at radius 3 is 2.73 bits per heavy atom. The lowest BCUT2D eigenvalue weighted by Crippen LogP contribution is -2.43. The van der Waals surface area contributed by atoms with Crippen molar-refractivity contribution < 1.29 is 14.7 Å². The van der Waals surface area contributed by atoms with Gasteiger partial charge in [-0.15, -0.1) is 11.3 Å². The predicted molar refractivity (Wildman–Crippen MR) is 120 cm³/mol. The molecule has 1 aromatic carbocycles.